The molecule has 0 unspecified atom stereocenters. The SMILES string of the molecule is CCCCn1nc(C)c(B(Oc2c(C)n[nH]c2C)Oc2c(C)n[nH]c2C)c1C. The van der Waals surface area contributed by atoms with E-state index in [1.54, 1.807) is 0 Å². The van der Waals surface area contributed by atoms with Gasteiger partial charge in [-0.3, -0.25) is 14.9 Å². The van der Waals surface area contributed by atoms with Gasteiger partial charge in [-0.2, -0.15) is 15.3 Å². The summed E-state index contributed by atoms with van der Waals surface area (Å²) in [6.07, 6.45) is 2.19. The van der Waals surface area contributed by atoms with E-state index in [1.165, 1.54) is 0 Å². The van der Waals surface area contributed by atoms with Crippen molar-refractivity contribution in [3.05, 3.63) is 34.2 Å². The van der Waals surface area contributed by atoms with Crippen LogP contribution in [-0.2, 0) is 6.54 Å². The third-order valence-electron chi connectivity index (χ3n) is 4.97. The molecular formula is C19H29BN6O2. The predicted molar refractivity (Wildman–Crippen MR) is 109 cm³/mol. The van der Waals surface area contributed by atoms with E-state index in [0.717, 1.165) is 59.0 Å². The maximum atomic E-state index is 6.35. The van der Waals surface area contributed by atoms with Gasteiger partial charge in [-0.25, -0.2) is 0 Å². The number of aryl methyl sites for hydroxylation is 6. The molecule has 0 atom stereocenters. The Labute approximate surface area is 166 Å². The summed E-state index contributed by atoms with van der Waals surface area (Å²) in [5.41, 5.74) is 6.20. The van der Waals surface area contributed by atoms with Crippen LogP contribution in [0.15, 0.2) is 0 Å². The molecule has 3 rings (SSSR count). The number of unbranched alkanes of at least 4 members (excludes halogenated alkanes) is 1. The second kappa shape index (κ2) is 8.12. The molecule has 0 fully saturated rings. The molecule has 3 heterocycles. The lowest BCUT2D eigenvalue weighted by molar-refractivity contribution is 0.431. The predicted octanol–water partition coefficient (Wildman–Crippen LogP) is 2.83. The Morgan fingerprint density at radius 1 is 0.857 bits per heavy atom. The standard InChI is InChI=1S/C19H29BN6O2/c1-8-9-10-26-16(7)17(11(2)25-26)20(27-18-12(3)21-22-13(18)4)28-19-14(5)23-24-15(19)6/h8-10H2,1-7H3,(H,21,22)(H,23,24). The minimum absolute atomic E-state index is 0.652. The molecule has 0 aliphatic rings. The molecule has 3 aromatic rings. The first-order valence-electron chi connectivity index (χ1n) is 9.73. The van der Waals surface area contributed by atoms with E-state index < -0.39 is 7.12 Å². The van der Waals surface area contributed by atoms with Crippen molar-refractivity contribution < 1.29 is 9.31 Å². The molecule has 0 saturated carbocycles. The first kappa shape index (κ1) is 20.0. The number of nitrogens with zero attached hydrogens (tertiary/aromatic N) is 4. The van der Waals surface area contributed by atoms with Crippen LogP contribution in [0.5, 0.6) is 11.5 Å². The topological polar surface area (TPSA) is 93.6 Å². The van der Waals surface area contributed by atoms with Crippen LogP contribution in [0.2, 0.25) is 0 Å². The van der Waals surface area contributed by atoms with Gasteiger partial charge in [0.15, 0.2) is 0 Å². The lowest BCUT2D eigenvalue weighted by Crippen LogP contribution is -2.45. The fourth-order valence-corrected chi connectivity index (χ4v) is 3.36. The fourth-order valence-electron chi connectivity index (χ4n) is 3.36. The minimum Gasteiger partial charge on any atom is -0.519 e. The van der Waals surface area contributed by atoms with Crippen molar-refractivity contribution >= 4 is 12.6 Å². The zero-order chi connectivity index (χ0) is 20.4. The van der Waals surface area contributed by atoms with Crippen LogP contribution in [0.3, 0.4) is 0 Å². The van der Waals surface area contributed by atoms with Gasteiger partial charge in [0.1, 0.15) is 11.5 Å². The Hall–Kier alpha value is -2.71. The van der Waals surface area contributed by atoms with Crippen LogP contribution in [0.25, 0.3) is 0 Å². The van der Waals surface area contributed by atoms with Gasteiger partial charge < -0.3 is 9.31 Å². The Kier molecular flexibility index (Phi) is 5.81. The van der Waals surface area contributed by atoms with Gasteiger partial charge in [0, 0.05) is 12.2 Å². The van der Waals surface area contributed by atoms with Gasteiger partial charge in [0.05, 0.1) is 33.9 Å². The quantitative estimate of drug-likeness (QED) is 0.583. The van der Waals surface area contributed by atoms with Crippen molar-refractivity contribution in [3.8, 4) is 11.5 Å². The summed E-state index contributed by atoms with van der Waals surface area (Å²) in [6, 6.07) is 0. The van der Waals surface area contributed by atoms with Crippen molar-refractivity contribution in [1.82, 2.24) is 30.2 Å². The van der Waals surface area contributed by atoms with Crippen LogP contribution in [-0.4, -0.2) is 37.3 Å². The molecule has 0 aliphatic carbocycles. The average Bonchev–Trinajstić information content (AvgIpc) is 3.24. The number of rotatable bonds is 8. The third kappa shape index (κ3) is 3.79. The Balaban J connectivity index is 2.02. The molecule has 0 amide bonds. The summed E-state index contributed by atoms with van der Waals surface area (Å²) in [7, 11) is -0.652. The molecule has 28 heavy (non-hydrogen) atoms. The normalized spacial score (nSPS) is 11.1. The number of aromatic nitrogens is 6. The van der Waals surface area contributed by atoms with Gasteiger partial charge in [0.2, 0.25) is 0 Å². The molecule has 150 valence electrons. The molecule has 0 radical (unpaired) electrons. The second-order valence-electron chi connectivity index (χ2n) is 7.26. The molecule has 0 spiro atoms. The summed E-state index contributed by atoms with van der Waals surface area (Å²) in [4.78, 5) is 0. The zero-order valence-corrected chi connectivity index (χ0v) is 17.8. The molecule has 0 aliphatic heterocycles. The second-order valence-corrected chi connectivity index (χ2v) is 7.26. The number of aromatic amines is 2. The van der Waals surface area contributed by atoms with Crippen LogP contribution in [0.4, 0.5) is 0 Å². The molecule has 0 bridgehead atoms. The molecule has 2 N–H and O–H groups in total. The van der Waals surface area contributed by atoms with Crippen molar-refractivity contribution in [1.29, 1.82) is 0 Å². The maximum absolute atomic E-state index is 6.35. The highest BCUT2D eigenvalue weighted by molar-refractivity contribution is 6.63. The Morgan fingerprint density at radius 3 is 1.82 bits per heavy atom. The van der Waals surface area contributed by atoms with Crippen LogP contribution < -0.4 is 14.8 Å². The molecule has 0 saturated heterocycles. The molecule has 8 nitrogen and oxygen atoms in total. The average molecular weight is 384 g/mol. The number of hydrogen-bond donors (Lipinski definition) is 2. The smallest absolute Gasteiger partial charge is 0.519 e. The van der Waals surface area contributed by atoms with Gasteiger partial charge in [0.25, 0.3) is 0 Å². The molecule has 3 aromatic heterocycles. The van der Waals surface area contributed by atoms with Crippen molar-refractivity contribution in [2.24, 2.45) is 0 Å². The van der Waals surface area contributed by atoms with Gasteiger partial charge in [-0.15, -0.1) is 0 Å². The Morgan fingerprint density at radius 2 is 1.39 bits per heavy atom. The van der Waals surface area contributed by atoms with E-state index in [0.29, 0.717) is 11.5 Å². The van der Waals surface area contributed by atoms with E-state index in [9.17, 15) is 0 Å². The van der Waals surface area contributed by atoms with E-state index in [4.69, 9.17) is 14.4 Å². The van der Waals surface area contributed by atoms with E-state index in [2.05, 4.69) is 34.2 Å². The van der Waals surface area contributed by atoms with Crippen molar-refractivity contribution in [3.63, 3.8) is 0 Å². The highest BCUT2D eigenvalue weighted by Gasteiger charge is 2.36. The third-order valence-corrected chi connectivity index (χ3v) is 4.97. The fraction of sp³-hybridized carbons (Fsp3) is 0.526. The largest absolute Gasteiger partial charge is 0.636 e. The molecule has 9 heteroatoms. The summed E-state index contributed by atoms with van der Waals surface area (Å²) >= 11 is 0. The lowest BCUT2D eigenvalue weighted by atomic mass is 9.76. The van der Waals surface area contributed by atoms with Gasteiger partial charge in [-0.1, -0.05) is 13.3 Å². The maximum Gasteiger partial charge on any atom is 0.636 e. The molecular weight excluding hydrogens is 355 g/mol. The monoisotopic (exact) mass is 384 g/mol. The minimum atomic E-state index is -0.652. The highest BCUT2D eigenvalue weighted by atomic mass is 16.6. The highest BCUT2D eigenvalue weighted by Crippen LogP contribution is 2.24. The van der Waals surface area contributed by atoms with Gasteiger partial charge >= 0.3 is 7.12 Å². The number of hydrogen-bond acceptors (Lipinski definition) is 5. The zero-order valence-electron chi connectivity index (χ0n) is 17.8. The summed E-state index contributed by atoms with van der Waals surface area (Å²) in [5.74, 6) is 1.40. The number of H-pyrrole nitrogens is 2. The lowest BCUT2D eigenvalue weighted by Gasteiger charge is -2.18. The van der Waals surface area contributed by atoms with Crippen LogP contribution in [0, 0.1) is 41.5 Å². The Bertz CT molecular complexity index is 871. The van der Waals surface area contributed by atoms with E-state index in [-0.39, 0.29) is 0 Å². The van der Waals surface area contributed by atoms with Crippen molar-refractivity contribution in [2.75, 3.05) is 0 Å². The first-order chi connectivity index (χ1) is 13.3. The van der Waals surface area contributed by atoms with E-state index in [1.807, 2.05) is 39.3 Å². The summed E-state index contributed by atoms with van der Waals surface area (Å²) in [6.45, 7) is 14.8. The summed E-state index contributed by atoms with van der Waals surface area (Å²) in [5, 5.41) is 19.1. The molecule has 0 aromatic carbocycles. The summed E-state index contributed by atoms with van der Waals surface area (Å²) < 4.78 is 14.7. The van der Waals surface area contributed by atoms with E-state index >= 15 is 0 Å². The number of nitrogens with one attached hydrogen (secondary N) is 2. The first-order valence-corrected chi connectivity index (χ1v) is 9.73. The van der Waals surface area contributed by atoms with Gasteiger partial charge in [-0.05, 0) is 48.0 Å². The van der Waals surface area contributed by atoms with Crippen LogP contribution >= 0.6 is 0 Å². The van der Waals surface area contributed by atoms with Crippen molar-refractivity contribution in [2.45, 2.75) is 67.9 Å². The van der Waals surface area contributed by atoms with Crippen LogP contribution in [0.1, 0.15) is 53.9 Å².